The van der Waals surface area contributed by atoms with Crippen molar-refractivity contribution in [2.75, 3.05) is 0 Å². The van der Waals surface area contributed by atoms with Gasteiger partial charge in [-0.3, -0.25) is 0 Å². The van der Waals surface area contributed by atoms with Crippen LogP contribution in [0.1, 0.15) is 15.9 Å². The Balaban J connectivity index is 2.09. The van der Waals surface area contributed by atoms with E-state index in [4.69, 9.17) is 33.0 Å². The maximum atomic E-state index is 13.4. The number of ether oxygens (including phenoxy) is 1. The molecule has 6 heteroatoms. The molecule has 0 amide bonds. The second-order valence-corrected chi connectivity index (χ2v) is 4.80. The van der Waals surface area contributed by atoms with Crippen molar-refractivity contribution < 1.29 is 19.0 Å². The number of carbonyl (C=O) groups is 1. The summed E-state index contributed by atoms with van der Waals surface area (Å²) in [6.07, 6.45) is 0. The van der Waals surface area contributed by atoms with Gasteiger partial charge in [0.15, 0.2) is 0 Å². The van der Waals surface area contributed by atoms with Gasteiger partial charge in [-0.25, -0.2) is 9.18 Å². The number of halogens is 3. The van der Waals surface area contributed by atoms with Gasteiger partial charge in [-0.15, -0.1) is 0 Å². The summed E-state index contributed by atoms with van der Waals surface area (Å²) in [5.74, 6) is -1.93. The van der Waals surface area contributed by atoms with Gasteiger partial charge in [-0.2, -0.15) is 0 Å². The van der Waals surface area contributed by atoms with Crippen LogP contribution in [0.25, 0.3) is 0 Å². The molecule has 0 heterocycles. The molecule has 0 atom stereocenters. The van der Waals surface area contributed by atoms with Crippen molar-refractivity contribution >= 4 is 29.2 Å². The smallest absolute Gasteiger partial charge is 0.338 e. The van der Waals surface area contributed by atoms with Gasteiger partial charge in [0.05, 0.1) is 15.6 Å². The number of hydrogen-bond acceptors (Lipinski definition) is 2. The molecule has 0 radical (unpaired) electrons. The van der Waals surface area contributed by atoms with Gasteiger partial charge < -0.3 is 9.84 Å². The Morgan fingerprint density at radius 2 is 1.90 bits per heavy atom. The van der Waals surface area contributed by atoms with E-state index in [2.05, 4.69) is 0 Å². The summed E-state index contributed by atoms with van der Waals surface area (Å²) in [7, 11) is 0. The number of benzene rings is 2. The minimum absolute atomic E-state index is 0.169. The molecule has 1 N–H and O–H groups in total. The highest BCUT2D eigenvalue weighted by Crippen LogP contribution is 2.24. The van der Waals surface area contributed by atoms with Crippen LogP contribution in [0.5, 0.6) is 5.75 Å². The van der Waals surface area contributed by atoms with Crippen LogP contribution in [0.2, 0.25) is 10.0 Å². The van der Waals surface area contributed by atoms with E-state index in [1.54, 1.807) is 18.2 Å². The Hall–Kier alpha value is -1.78. The first-order valence-corrected chi connectivity index (χ1v) is 6.32. The van der Waals surface area contributed by atoms with Gasteiger partial charge in [0.2, 0.25) is 0 Å². The maximum Gasteiger partial charge on any atom is 0.338 e. The Labute approximate surface area is 124 Å². The summed E-state index contributed by atoms with van der Waals surface area (Å²) >= 11 is 11.7. The normalized spacial score (nSPS) is 10.3. The fourth-order valence-corrected chi connectivity index (χ4v) is 1.88. The summed E-state index contributed by atoms with van der Waals surface area (Å²) in [5, 5.41) is 9.55. The zero-order chi connectivity index (χ0) is 14.7. The van der Waals surface area contributed by atoms with Crippen LogP contribution < -0.4 is 4.74 Å². The molecule has 3 nitrogen and oxygen atoms in total. The summed E-state index contributed by atoms with van der Waals surface area (Å²) in [4.78, 5) is 10.7. The summed E-state index contributed by atoms with van der Waals surface area (Å²) in [5.41, 5.74) is 0.369. The van der Waals surface area contributed by atoms with Crippen LogP contribution in [-0.2, 0) is 6.61 Å². The lowest BCUT2D eigenvalue weighted by atomic mass is 10.2. The van der Waals surface area contributed by atoms with E-state index in [9.17, 15) is 9.18 Å². The van der Waals surface area contributed by atoms with E-state index in [1.807, 2.05) is 0 Å². The molecule has 2 aromatic carbocycles. The highest BCUT2D eigenvalue weighted by molar-refractivity contribution is 6.42. The molecule has 104 valence electrons. The predicted octanol–water partition coefficient (Wildman–Crippen LogP) is 4.41. The third-order valence-electron chi connectivity index (χ3n) is 2.56. The molecule has 0 saturated carbocycles. The van der Waals surface area contributed by atoms with Gasteiger partial charge in [0.25, 0.3) is 0 Å². The lowest BCUT2D eigenvalue weighted by Crippen LogP contribution is -2.01. The van der Waals surface area contributed by atoms with Crippen LogP contribution in [0, 0.1) is 5.82 Å². The van der Waals surface area contributed by atoms with E-state index < -0.39 is 17.3 Å². The Morgan fingerprint density at radius 1 is 1.15 bits per heavy atom. The average molecular weight is 315 g/mol. The summed E-state index contributed by atoms with van der Waals surface area (Å²) in [6.45, 7) is 0.169. The van der Waals surface area contributed by atoms with Gasteiger partial charge in [-0.1, -0.05) is 29.3 Å². The van der Waals surface area contributed by atoms with E-state index >= 15 is 0 Å². The molecule has 0 aromatic heterocycles. The molecule has 0 unspecified atom stereocenters. The molecule has 0 bridgehead atoms. The van der Waals surface area contributed by atoms with Crippen molar-refractivity contribution in [2.45, 2.75) is 6.61 Å². The van der Waals surface area contributed by atoms with E-state index in [0.717, 1.165) is 17.7 Å². The lowest BCUT2D eigenvalue weighted by Gasteiger charge is -2.08. The third kappa shape index (κ3) is 3.40. The number of aromatic carboxylic acids is 1. The van der Waals surface area contributed by atoms with E-state index in [0.29, 0.717) is 10.0 Å². The van der Waals surface area contributed by atoms with Crippen molar-refractivity contribution in [3.05, 3.63) is 63.4 Å². The highest BCUT2D eigenvalue weighted by atomic mass is 35.5. The van der Waals surface area contributed by atoms with Crippen LogP contribution in [0.3, 0.4) is 0 Å². The molecule has 0 fully saturated rings. The standard InChI is InChI=1S/C14H9Cl2FO3/c15-11-4-1-8(5-12(11)16)7-20-9-2-3-10(14(18)19)13(17)6-9/h1-6H,7H2,(H,18,19). The molecule has 0 saturated heterocycles. The Kier molecular flexibility index (Phi) is 4.47. The van der Waals surface area contributed by atoms with Crippen molar-refractivity contribution in [3.63, 3.8) is 0 Å². The second-order valence-electron chi connectivity index (χ2n) is 3.98. The molecular formula is C14H9Cl2FO3. The topological polar surface area (TPSA) is 46.5 Å². The minimum atomic E-state index is -1.32. The van der Waals surface area contributed by atoms with Crippen molar-refractivity contribution in [1.82, 2.24) is 0 Å². The first kappa shape index (κ1) is 14.6. The van der Waals surface area contributed by atoms with Gasteiger partial charge >= 0.3 is 5.97 Å². The molecule has 0 aliphatic rings. The number of carboxylic acids is 1. The van der Waals surface area contributed by atoms with Crippen molar-refractivity contribution in [3.8, 4) is 5.75 Å². The van der Waals surface area contributed by atoms with Gasteiger partial charge in [0, 0.05) is 6.07 Å². The first-order valence-electron chi connectivity index (χ1n) is 5.57. The average Bonchev–Trinajstić information content (AvgIpc) is 2.40. The number of rotatable bonds is 4. The quantitative estimate of drug-likeness (QED) is 0.909. The van der Waals surface area contributed by atoms with Crippen molar-refractivity contribution in [1.29, 1.82) is 0 Å². The number of hydrogen-bond donors (Lipinski definition) is 1. The van der Waals surface area contributed by atoms with Crippen LogP contribution in [0.15, 0.2) is 36.4 Å². The monoisotopic (exact) mass is 314 g/mol. The first-order chi connectivity index (χ1) is 9.47. The molecule has 0 spiro atoms. The summed E-state index contributed by atoms with van der Waals surface area (Å²) in [6, 6.07) is 8.59. The molecule has 2 rings (SSSR count). The predicted molar refractivity (Wildman–Crippen MR) is 74.2 cm³/mol. The Bertz CT molecular complexity index is 659. The van der Waals surface area contributed by atoms with Crippen LogP contribution >= 0.6 is 23.2 Å². The van der Waals surface area contributed by atoms with Gasteiger partial charge in [-0.05, 0) is 29.8 Å². The minimum Gasteiger partial charge on any atom is -0.489 e. The maximum absolute atomic E-state index is 13.4. The molecule has 0 aliphatic heterocycles. The molecule has 20 heavy (non-hydrogen) atoms. The molecule has 0 aliphatic carbocycles. The van der Waals surface area contributed by atoms with Crippen LogP contribution in [0.4, 0.5) is 4.39 Å². The number of carboxylic acid groups (broad SMARTS) is 1. The Morgan fingerprint density at radius 3 is 2.50 bits per heavy atom. The third-order valence-corrected chi connectivity index (χ3v) is 3.30. The van der Waals surface area contributed by atoms with Gasteiger partial charge in [0.1, 0.15) is 18.2 Å². The molecular weight excluding hydrogens is 306 g/mol. The lowest BCUT2D eigenvalue weighted by molar-refractivity contribution is 0.0692. The zero-order valence-electron chi connectivity index (χ0n) is 10.1. The summed E-state index contributed by atoms with van der Waals surface area (Å²) < 4.78 is 18.8. The largest absolute Gasteiger partial charge is 0.489 e. The zero-order valence-corrected chi connectivity index (χ0v) is 11.6. The fraction of sp³-hybridized carbons (Fsp3) is 0.0714. The highest BCUT2D eigenvalue weighted by Gasteiger charge is 2.11. The second kappa shape index (κ2) is 6.11. The SMILES string of the molecule is O=C(O)c1ccc(OCc2ccc(Cl)c(Cl)c2)cc1F. The van der Waals surface area contributed by atoms with E-state index in [-0.39, 0.29) is 12.4 Å². The van der Waals surface area contributed by atoms with E-state index in [1.165, 1.54) is 6.07 Å². The van der Waals surface area contributed by atoms with Crippen LogP contribution in [-0.4, -0.2) is 11.1 Å². The molecule has 2 aromatic rings. The fourth-order valence-electron chi connectivity index (χ4n) is 1.56. The van der Waals surface area contributed by atoms with Crippen molar-refractivity contribution in [2.24, 2.45) is 0 Å².